The van der Waals surface area contributed by atoms with Gasteiger partial charge in [0.1, 0.15) is 0 Å². The van der Waals surface area contributed by atoms with Crippen molar-refractivity contribution in [2.75, 3.05) is 7.11 Å². The van der Waals surface area contributed by atoms with E-state index in [1.54, 1.807) is 7.11 Å². The van der Waals surface area contributed by atoms with Crippen LogP contribution >= 0.6 is 0 Å². The molecule has 0 aliphatic rings. The third kappa shape index (κ3) is 4.19. The Balaban J connectivity index is 3.75. The van der Waals surface area contributed by atoms with Crippen molar-refractivity contribution in [2.45, 2.75) is 26.7 Å². The number of ether oxygens (including phenoxy) is 1. The number of allylic oxidation sites excluding steroid dienone is 3. The lowest BCUT2D eigenvalue weighted by atomic mass is 10.1. The molecule has 0 rings (SSSR count). The molecule has 58 valence electrons. The van der Waals surface area contributed by atoms with Crippen LogP contribution in [0.4, 0.5) is 0 Å². The van der Waals surface area contributed by atoms with Gasteiger partial charge in [-0.25, -0.2) is 0 Å². The van der Waals surface area contributed by atoms with E-state index in [1.807, 2.05) is 13.0 Å². The third-order valence-corrected chi connectivity index (χ3v) is 1.30. The second-order valence-electron chi connectivity index (χ2n) is 2.37. The lowest BCUT2D eigenvalue weighted by Gasteiger charge is -1.99. The molecule has 0 aliphatic carbocycles. The summed E-state index contributed by atoms with van der Waals surface area (Å²) in [6.07, 6.45) is 4.18. The molecule has 0 bridgehead atoms. The highest BCUT2D eigenvalue weighted by Gasteiger charge is 1.88. The van der Waals surface area contributed by atoms with E-state index in [-0.39, 0.29) is 0 Å². The van der Waals surface area contributed by atoms with Crippen LogP contribution in [0.1, 0.15) is 26.7 Å². The van der Waals surface area contributed by atoms with Gasteiger partial charge in [-0.1, -0.05) is 25.5 Å². The number of methoxy groups -OCH3 is 1. The first kappa shape index (κ1) is 9.28. The van der Waals surface area contributed by atoms with Gasteiger partial charge in [0.2, 0.25) is 0 Å². The van der Waals surface area contributed by atoms with Crippen molar-refractivity contribution in [1.82, 2.24) is 0 Å². The second kappa shape index (κ2) is 5.10. The Labute approximate surface area is 63.4 Å². The van der Waals surface area contributed by atoms with Crippen LogP contribution in [0.2, 0.25) is 0 Å². The maximum atomic E-state index is 4.97. The zero-order chi connectivity index (χ0) is 7.98. The van der Waals surface area contributed by atoms with Crippen molar-refractivity contribution in [3.05, 3.63) is 24.0 Å². The molecule has 0 heterocycles. The molecule has 0 saturated carbocycles. The first-order valence-corrected chi connectivity index (χ1v) is 3.60. The molecule has 0 aromatic heterocycles. The van der Waals surface area contributed by atoms with Crippen LogP contribution in [-0.4, -0.2) is 7.11 Å². The molecule has 0 amide bonds. The number of hydrogen-bond donors (Lipinski definition) is 0. The van der Waals surface area contributed by atoms with E-state index in [2.05, 4.69) is 13.5 Å². The van der Waals surface area contributed by atoms with Crippen LogP contribution in [0.5, 0.6) is 0 Å². The van der Waals surface area contributed by atoms with Crippen molar-refractivity contribution >= 4 is 0 Å². The number of hydrogen-bond acceptors (Lipinski definition) is 1. The molecule has 1 nitrogen and oxygen atoms in total. The average molecular weight is 140 g/mol. The SMILES string of the molecule is C=C(C=C(C)OC)CCC. The van der Waals surface area contributed by atoms with E-state index in [0.29, 0.717) is 0 Å². The Kier molecular flexibility index (Phi) is 4.73. The van der Waals surface area contributed by atoms with Gasteiger partial charge in [0.15, 0.2) is 0 Å². The van der Waals surface area contributed by atoms with Crippen molar-refractivity contribution in [3.63, 3.8) is 0 Å². The summed E-state index contributed by atoms with van der Waals surface area (Å²) in [4.78, 5) is 0. The van der Waals surface area contributed by atoms with E-state index in [9.17, 15) is 0 Å². The Morgan fingerprint density at radius 2 is 2.20 bits per heavy atom. The zero-order valence-electron chi connectivity index (χ0n) is 7.11. The summed E-state index contributed by atoms with van der Waals surface area (Å²) in [5, 5.41) is 0. The van der Waals surface area contributed by atoms with Gasteiger partial charge in [-0.15, -0.1) is 0 Å². The van der Waals surface area contributed by atoms with Gasteiger partial charge in [-0.2, -0.15) is 0 Å². The minimum atomic E-state index is 0.929. The molecule has 0 saturated heterocycles. The maximum Gasteiger partial charge on any atom is 0.0927 e. The smallest absolute Gasteiger partial charge is 0.0927 e. The highest BCUT2D eigenvalue weighted by molar-refractivity contribution is 5.16. The van der Waals surface area contributed by atoms with Crippen molar-refractivity contribution < 1.29 is 4.74 Å². The Hall–Kier alpha value is -0.720. The van der Waals surface area contributed by atoms with Crippen LogP contribution in [0.3, 0.4) is 0 Å². The Morgan fingerprint density at radius 3 is 2.60 bits per heavy atom. The average Bonchev–Trinajstić information content (AvgIpc) is 1.88. The van der Waals surface area contributed by atoms with Crippen LogP contribution < -0.4 is 0 Å². The topological polar surface area (TPSA) is 9.23 Å². The van der Waals surface area contributed by atoms with Gasteiger partial charge in [-0.3, -0.25) is 0 Å². The first-order chi connectivity index (χ1) is 4.70. The van der Waals surface area contributed by atoms with Crippen LogP contribution in [0, 0.1) is 0 Å². The molecule has 0 aliphatic heterocycles. The fourth-order valence-corrected chi connectivity index (χ4v) is 0.740. The van der Waals surface area contributed by atoms with E-state index >= 15 is 0 Å². The predicted molar refractivity (Wildman–Crippen MR) is 44.8 cm³/mol. The van der Waals surface area contributed by atoms with E-state index < -0.39 is 0 Å². The van der Waals surface area contributed by atoms with Crippen molar-refractivity contribution in [3.8, 4) is 0 Å². The van der Waals surface area contributed by atoms with E-state index in [0.717, 1.165) is 24.2 Å². The summed E-state index contributed by atoms with van der Waals surface area (Å²) in [5.74, 6) is 0.929. The standard InChI is InChI=1S/C9H16O/c1-5-6-8(2)7-9(3)10-4/h7H,2,5-6H2,1,3-4H3. The van der Waals surface area contributed by atoms with Crippen LogP contribution in [-0.2, 0) is 4.74 Å². The molecule has 0 aromatic carbocycles. The number of rotatable bonds is 4. The Bertz CT molecular complexity index is 134. The van der Waals surface area contributed by atoms with Gasteiger partial charge in [0, 0.05) is 0 Å². The van der Waals surface area contributed by atoms with Gasteiger partial charge in [0.25, 0.3) is 0 Å². The summed E-state index contributed by atoms with van der Waals surface area (Å²) < 4.78 is 4.97. The summed E-state index contributed by atoms with van der Waals surface area (Å²) in [7, 11) is 1.67. The van der Waals surface area contributed by atoms with Gasteiger partial charge < -0.3 is 4.74 Å². The van der Waals surface area contributed by atoms with E-state index in [4.69, 9.17) is 4.74 Å². The summed E-state index contributed by atoms with van der Waals surface area (Å²) in [6.45, 7) is 7.95. The summed E-state index contributed by atoms with van der Waals surface area (Å²) >= 11 is 0. The second-order valence-corrected chi connectivity index (χ2v) is 2.37. The molecule has 0 fully saturated rings. The molecule has 0 unspecified atom stereocenters. The highest BCUT2D eigenvalue weighted by Crippen LogP contribution is 2.06. The maximum absolute atomic E-state index is 4.97. The fourth-order valence-electron chi connectivity index (χ4n) is 0.740. The Morgan fingerprint density at radius 1 is 1.60 bits per heavy atom. The van der Waals surface area contributed by atoms with Crippen LogP contribution in [0.25, 0.3) is 0 Å². The molecule has 10 heavy (non-hydrogen) atoms. The summed E-state index contributed by atoms with van der Waals surface area (Å²) in [6, 6.07) is 0. The quantitative estimate of drug-likeness (QED) is 0.431. The molecule has 0 radical (unpaired) electrons. The molecular weight excluding hydrogens is 124 g/mol. The lowest BCUT2D eigenvalue weighted by molar-refractivity contribution is 0.293. The fraction of sp³-hybridized carbons (Fsp3) is 0.556. The molecule has 0 N–H and O–H groups in total. The van der Waals surface area contributed by atoms with E-state index in [1.165, 1.54) is 0 Å². The van der Waals surface area contributed by atoms with Gasteiger partial charge in [-0.05, 0) is 19.4 Å². The van der Waals surface area contributed by atoms with Crippen molar-refractivity contribution in [2.24, 2.45) is 0 Å². The normalized spacial score (nSPS) is 11.3. The minimum absolute atomic E-state index is 0.929. The monoisotopic (exact) mass is 140 g/mol. The first-order valence-electron chi connectivity index (χ1n) is 3.60. The van der Waals surface area contributed by atoms with Gasteiger partial charge >= 0.3 is 0 Å². The summed E-state index contributed by atoms with van der Waals surface area (Å²) in [5.41, 5.74) is 1.14. The van der Waals surface area contributed by atoms with Crippen LogP contribution in [0.15, 0.2) is 24.0 Å². The largest absolute Gasteiger partial charge is 0.501 e. The molecule has 0 spiro atoms. The molecule has 0 aromatic rings. The molecular formula is C9H16O. The zero-order valence-corrected chi connectivity index (χ0v) is 7.11. The predicted octanol–water partition coefficient (Wildman–Crippen LogP) is 2.89. The molecule has 0 atom stereocenters. The third-order valence-electron chi connectivity index (χ3n) is 1.30. The highest BCUT2D eigenvalue weighted by atomic mass is 16.5. The minimum Gasteiger partial charge on any atom is -0.501 e. The molecule has 1 heteroatoms. The van der Waals surface area contributed by atoms with Gasteiger partial charge in [0.05, 0.1) is 12.9 Å². The van der Waals surface area contributed by atoms with Crippen molar-refractivity contribution in [1.29, 1.82) is 0 Å². The lowest BCUT2D eigenvalue weighted by Crippen LogP contribution is -1.81.